The van der Waals surface area contributed by atoms with Crippen molar-refractivity contribution >= 4 is 10.0 Å². The first kappa shape index (κ1) is 20.1. The smallest absolute Gasteiger partial charge is 0.243 e. The van der Waals surface area contributed by atoms with E-state index < -0.39 is 10.0 Å². The van der Waals surface area contributed by atoms with Crippen LogP contribution in [0.5, 0.6) is 0 Å². The summed E-state index contributed by atoms with van der Waals surface area (Å²) >= 11 is 0. The summed E-state index contributed by atoms with van der Waals surface area (Å²) in [5.74, 6) is 0.646. The van der Waals surface area contributed by atoms with E-state index in [-0.39, 0.29) is 18.0 Å². The number of nitrogens with two attached hydrogens (primary N) is 1. The predicted molar refractivity (Wildman–Crippen MR) is 97.4 cm³/mol. The van der Waals surface area contributed by atoms with Gasteiger partial charge in [-0.15, -0.1) is 0 Å². The van der Waals surface area contributed by atoms with Crippen molar-refractivity contribution in [3.63, 3.8) is 0 Å². The fourth-order valence-electron chi connectivity index (χ4n) is 2.31. The number of hydrogen-bond donors (Lipinski definition) is 2. The Morgan fingerprint density at radius 1 is 1.30 bits per heavy atom. The summed E-state index contributed by atoms with van der Waals surface area (Å²) in [5, 5.41) is 3.36. The van der Waals surface area contributed by atoms with Crippen molar-refractivity contribution in [3.8, 4) is 0 Å². The topological polar surface area (TPSA) is 75.4 Å². The lowest BCUT2D eigenvalue weighted by atomic mass is 10.0. The molecular weight excluding hydrogens is 310 g/mol. The third-order valence-corrected chi connectivity index (χ3v) is 6.26. The molecule has 0 aromatic carbocycles. The summed E-state index contributed by atoms with van der Waals surface area (Å²) in [6.45, 7) is 9.23. The first-order valence-corrected chi connectivity index (χ1v) is 9.62. The van der Waals surface area contributed by atoms with Gasteiger partial charge in [-0.25, -0.2) is 8.42 Å². The molecule has 3 atom stereocenters. The maximum atomic E-state index is 12.8. The SMILES string of the molecule is CC1C=CC=C(S(=O)(=O)N(C)C(C)CNC(CN)C(C)C)C=C1. The Balaban J connectivity index is 2.78. The largest absolute Gasteiger partial charge is 0.329 e. The van der Waals surface area contributed by atoms with Gasteiger partial charge in [0.25, 0.3) is 0 Å². The second-order valence-corrected chi connectivity index (χ2v) is 8.53. The third kappa shape index (κ3) is 5.57. The van der Waals surface area contributed by atoms with E-state index in [1.54, 1.807) is 25.3 Å². The fraction of sp³-hybridized carbons (Fsp3) is 0.647. The minimum Gasteiger partial charge on any atom is -0.329 e. The van der Waals surface area contributed by atoms with Gasteiger partial charge in [-0.05, 0) is 30.9 Å². The maximum absolute atomic E-state index is 12.8. The molecule has 0 saturated carbocycles. The highest BCUT2D eigenvalue weighted by molar-refractivity contribution is 7.93. The summed E-state index contributed by atoms with van der Waals surface area (Å²) < 4.78 is 26.9. The van der Waals surface area contributed by atoms with Gasteiger partial charge in [0.1, 0.15) is 0 Å². The minimum atomic E-state index is -3.50. The van der Waals surface area contributed by atoms with Crippen LogP contribution in [-0.2, 0) is 10.0 Å². The van der Waals surface area contributed by atoms with Crippen LogP contribution in [0.15, 0.2) is 35.3 Å². The number of allylic oxidation sites excluding steroid dienone is 5. The zero-order valence-corrected chi connectivity index (χ0v) is 15.7. The van der Waals surface area contributed by atoms with Gasteiger partial charge in [0.2, 0.25) is 10.0 Å². The highest BCUT2D eigenvalue weighted by atomic mass is 32.2. The molecule has 3 N–H and O–H groups in total. The molecule has 1 rings (SSSR count). The van der Waals surface area contributed by atoms with Crippen molar-refractivity contribution in [1.82, 2.24) is 9.62 Å². The zero-order chi connectivity index (χ0) is 17.6. The lowest BCUT2D eigenvalue weighted by molar-refractivity contribution is 0.333. The fourth-order valence-corrected chi connectivity index (χ4v) is 3.69. The summed E-state index contributed by atoms with van der Waals surface area (Å²) in [5.41, 5.74) is 5.75. The molecule has 0 aromatic heterocycles. The van der Waals surface area contributed by atoms with Gasteiger partial charge in [0.05, 0.1) is 4.91 Å². The van der Waals surface area contributed by atoms with Crippen molar-refractivity contribution < 1.29 is 8.42 Å². The molecule has 0 heterocycles. The second-order valence-electron chi connectivity index (χ2n) is 6.54. The Kier molecular flexibility index (Phi) is 7.67. The molecule has 0 bridgehead atoms. The quantitative estimate of drug-likeness (QED) is 0.706. The number of nitrogens with one attached hydrogen (secondary N) is 1. The van der Waals surface area contributed by atoms with Crippen LogP contribution in [0, 0.1) is 11.8 Å². The first-order chi connectivity index (χ1) is 10.7. The van der Waals surface area contributed by atoms with E-state index in [4.69, 9.17) is 5.73 Å². The Morgan fingerprint density at radius 3 is 2.52 bits per heavy atom. The van der Waals surface area contributed by atoms with Crippen molar-refractivity contribution in [1.29, 1.82) is 0 Å². The third-order valence-electron chi connectivity index (χ3n) is 4.27. The molecule has 1 aliphatic rings. The number of nitrogens with zero attached hydrogens (tertiary/aromatic N) is 1. The first-order valence-electron chi connectivity index (χ1n) is 8.18. The van der Waals surface area contributed by atoms with Crippen LogP contribution in [0.25, 0.3) is 0 Å². The van der Waals surface area contributed by atoms with E-state index in [1.807, 2.05) is 26.0 Å². The minimum absolute atomic E-state index is 0.160. The molecule has 0 fully saturated rings. The summed E-state index contributed by atoms with van der Waals surface area (Å²) in [6.07, 6.45) is 9.01. The molecule has 0 saturated heterocycles. The molecule has 0 radical (unpaired) electrons. The van der Waals surface area contributed by atoms with E-state index in [0.717, 1.165) is 0 Å². The Hall–Kier alpha value is -0.950. The monoisotopic (exact) mass is 341 g/mol. The van der Waals surface area contributed by atoms with E-state index in [0.29, 0.717) is 23.9 Å². The molecule has 132 valence electrons. The Morgan fingerprint density at radius 2 is 1.96 bits per heavy atom. The number of hydrogen-bond acceptors (Lipinski definition) is 4. The normalized spacial score (nSPS) is 21.4. The van der Waals surface area contributed by atoms with Crippen LogP contribution in [0.3, 0.4) is 0 Å². The van der Waals surface area contributed by atoms with Crippen LogP contribution in [-0.4, -0.2) is 44.9 Å². The average molecular weight is 342 g/mol. The molecule has 23 heavy (non-hydrogen) atoms. The molecule has 0 amide bonds. The van der Waals surface area contributed by atoms with Gasteiger partial charge < -0.3 is 11.1 Å². The molecule has 0 aliphatic heterocycles. The molecule has 1 aliphatic carbocycles. The van der Waals surface area contributed by atoms with Gasteiger partial charge in [-0.3, -0.25) is 0 Å². The molecule has 5 nitrogen and oxygen atoms in total. The van der Waals surface area contributed by atoms with E-state index in [9.17, 15) is 8.42 Å². The summed E-state index contributed by atoms with van der Waals surface area (Å²) in [7, 11) is -1.87. The van der Waals surface area contributed by atoms with Crippen LogP contribution in [0.2, 0.25) is 0 Å². The van der Waals surface area contributed by atoms with Crippen molar-refractivity contribution in [2.45, 2.75) is 39.8 Å². The molecule has 6 heteroatoms. The van der Waals surface area contributed by atoms with Crippen molar-refractivity contribution in [2.24, 2.45) is 17.6 Å². The van der Waals surface area contributed by atoms with Crippen molar-refractivity contribution in [2.75, 3.05) is 20.1 Å². The van der Waals surface area contributed by atoms with Gasteiger partial charge in [0, 0.05) is 32.2 Å². The Labute approximate surface area is 141 Å². The lowest BCUT2D eigenvalue weighted by Crippen LogP contribution is -2.48. The van der Waals surface area contributed by atoms with Crippen LogP contribution >= 0.6 is 0 Å². The van der Waals surface area contributed by atoms with E-state index in [2.05, 4.69) is 19.2 Å². The lowest BCUT2D eigenvalue weighted by Gasteiger charge is -2.28. The zero-order valence-electron chi connectivity index (χ0n) is 14.9. The van der Waals surface area contributed by atoms with E-state index in [1.165, 1.54) is 4.31 Å². The second kappa shape index (κ2) is 8.78. The standard InChI is InChI=1S/C17H31N3O2S/c1-13(2)17(11-18)19-12-15(4)20(5)23(21,22)16-8-6-7-14(3)9-10-16/h6-10,13-15,17,19H,11-12,18H2,1-5H3. The highest BCUT2D eigenvalue weighted by Gasteiger charge is 2.26. The summed E-state index contributed by atoms with van der Waals surface area (Å²) in [6, 6.07) is 0.0288. The molecule has 0 spiro atoms. The van der Waals surface area contributed by atoms with Crippen molar-refractivity contribution in [3.05, 3.63) is 35.3 Å². The number of rotatable bonds is 8. The molecule has 0 aromatic rings. The van der Waals surface area contributed by atoms with Gasteiger partial charge in [0.15, 0.2) is 0 Å². The Bertz CT molecular complexity index is 564. The maximum Gasteiger partial charge on any atom is 0.243 e. The van der Waals surface area contributed by atoms with Crippen LogP contribution in [0.1, 0.15) is 27.7 Å². The highest BCUT2D eigenvalue weighted by Crippen LogP contribution is 2.19. The molecule has 3 unspecified atom stereocenters. The van der Waals surface area contributed by atoms with Gasteiger partial charge in [-0.2, -0.15) is 4.31 Å². The summed E-state index contributed by atoms with van der Waals surface area (Å²) in [4.78, 5) is 0.326. The van der Waals surface area contributed by atoms with Gasteiger partial charge >= 0.3 is 0 Å². The average Bonchev–Trinajstić information content (AvgIpc) is 2.71. The van der Waals surface area contributed by atoms with E-state index >= 15 is 0 Å². The number of likely N-dealkylation sites (N-methyl/N-ethyl adjacent to an activating group) is 1. The number of sulfonamides is 1. The molecular formula is C17H31N3O2S. The van der Waals surface area contributed by atoms with Crippen LogP contribution < -0.4 is 11.1 Å². The van der Waals surface area contributed by atoms with Gasteiger partial charge in [-0.1, -0.05) is 39.0 Å². The van der Waals surface area contributed by atoms with Crippen LogP contribution in [0.4, 0.5) is 0 Å². The predicted octanol–water partition coefficient (Wildman–Crippen LogP) is 1.86.